The molecular formula is C13H21NO2S. The Bertz CT molecular complexity index is 390. The number of hydrogen-bond acceptors (Lipinski definition) is 4. The first-order valence-corrected chi connectivity index (χ1v) is 6.69. The molecule has 0 radical (unpaired) electrons. The molecule has 0 saturated heterocycles. The molecule has 0 aliphatic carbocycles. The molecule has 0 aliphatic rings. The van der Waals surface area contributed by atoms with Gasteiger partial charge in [-0.15, -0.1) is 11.3 Å². The van der Waals surface area contributed by atoms with Crippen molar-refractivity contribution in [3.63, 3.8) is 0 Å². The molecule has 4 heteroatoms. The maximum absolute atomic E-state index is 11.8. The van der Waals surface area contributed by atoms with Crippen molar-refractivity contribution in [3.05, 3.63) is 16.1 Å². The van der Waals surface area contributed by atoms with Crippen molar-refractivity contribution in [2.24, 2.45) is 5.92 Å². The minimum atomic E-state index is -0.249. The lowest BCUT2D eigenvalue weighted by atomic mass is 9.92. The van der Waals surface area contributed by atoms with Crippen LogP contribution >= 0.6 is 11.3 Å². The van der Waals surface area contributed by atoms with Crippen LogP contribution in [0.15, 0.2) is 5.38 Å². The van der Waals surface area contributed by atoms with Crippen LogP contribution < -0.4 is 0 Å². The average Bonchev–Trinajstić information content (AvgIpc) is 2.65. The molecule has 1 aromatic rings. The van der Waals surface area contributed by atoms with Crippen molar-refractivity contribution in [2.75, 3.05) is 7.11 Å². The standard InChI is InChI=1S/C13H21NO2S/c1-8(2)10(12(15)16-6)11-14-9(7-17-11)13(3,4)5/h7-8,10H,1-6H3. The van der Waals surface area contributed by atoms with Gasteiger partial charge in [-0.05, 0) is 5.92 Å². The summed E-state index contributed by atoms with van der Waals surface area (Å²) in [7, 11) is 1.43. The van der Waals surface area contributed by atoms with Crippen LogP contribution in [0, 0.1) is 5.92 Å². The monoisotopic (exact) mass is 255 g/mol. The first-order chi connectivity index (χ1) is 7.77. The molecule has 0 spiro atoms. The first kappa shape index (κ1) is 14.2. The number of carbonyl (C=O) groups excluding carboxylic acids is 1. The Hall–Kier alpha value is -0.900. The molecule has 17 heavy (non-hydrogen) atoms. The van der Waals surface area contributed by atoms with Gasteiger partial charge in [0, 0.05) is 10.8 Å². The van der Waals surface area contributed by atoms with Crippen LogP contribution in [-0.2, 0) is 14.9 Å². The van der Waals surface area contributed by atoms with E-state index in [0.29, 0.717) is 0 Å². The normalized spacial score (nSPS) is 13.8. The summed E-state index contributed by atoms with van der Waals surface area (Å²) in [5, 5.41) is 2.89. The number of aromatic nitrogens is 1. The molecule has 1 rings (SSSR count). The Labute approximate surface area is 107 Å². The van der Waals surface area contributed by atoms with E-state index in [1.54, 1.807) is 11.3 Å². The molecule has 0 saturated carbocycles. The van der Waals surface area contributed by atoms with Gasteiger partial charge in [0.25, 0.3) is 0 Å². The van der Waals surface area contributed by atoms with Crippen molar-refractivity contribution in [3.8, 4) is 0 Å². The van der Waals surface area contributed by atoms with Crippen LogP contribution in [0.25, 0.3) is 0 Å². The van der Waals surface area contributed by atoms with E-state index in [0.717, 1.165) is 10.7 Å². The predicted molar refractivity (Wildman–Crippen MR) is 70.4 cm³/mol. The van der Waals surface area contributed by atoms with E-state index in [4.69, 9.17) is 4.74 Å². The van der Waals surface area contributed by atoms with Crippen molar-refractivity contribution in [1.82, 2.24) is 4.98 Å². The fraction of sp³-hybridized carbons (Fsp3) is 0.692. The molecule has 0 N–H and O–H groups in total. The third-order valence-electron chi connectivity index (χ3n) is 2.68. The zero-order chi connectivity index (χ0) is 13.2. The number of esters is 1. The van der Waals surface area contributed by atoms with Crippen LogP contribution in [0.4, 0.5) is 0 Å². The van der Waals surface area contributed by atoms with Crippen LogP contribution in [0.5, 0.6) is 0 Å². The van der Waals surface area contributed by atoms with Gasteiger partial charge in [-0.25, -0.2) is 4.98 Å². The lowest BCUT2D eigenvalue weighted by Crippen LogP contribution is -2.20. The maximum atomic E-state index is 11.8. The van der Waals surface area contributed by atoms with E-state index in [1.807, 2.05) is 19.2 Å². The summed E-state index contributed by atoms with van der Waals surface area (Å²) in [6.07, 6.45) is 0. The summed E-state index contributed by atoms with van der Waals surface area (Å²) < 4.78 is 4.85. The summed E-state index contributed by atoms with van der Waals surface area (Å²) in [6.45, 7) is 10.4. The fourth-order valence-electron chi connectivity index (χ4n) is 1.56. The van der Waals surface area contributed by atoms with E-state index in [2.05, 4.69) is 25.8 Å². The quantitative estimate of drug-likeness (QED) is 0.777. The highest BCUT2D eigenvalue weighted by molar-refractivity contribution is 7.09. The number of nitrogens with zero attached hydrogens (tertiary/aromatic N) is 1. The molecule has 0 aromatic carbocycles. The Morgan fingerprint density at radius 2 is 2.00 bits per heavy atom. The van der Waals surface area contributed by atoms with Crippen LogP contribution in [-0.4, -0.2) is 18.1 Å². The van der Waals surface area contributed by atoms with Crippen molar-refractivity contribution in [1.29, 1.82) is 0 Å². The molecule has 1 unspecified atom stereocenters. The molecule has 0 aliphatic heterocycles. The summed E-state index contributed by atoms with van der Waals surface area (Å²) in [6, 6.07) is 0. The van der Waals surface area contributed by atoms with Crippen molar-refractivity contribution in [2.45, 2.75) is 46.0 Å². The minimum absolute atomic E-state index is 0.0202. The smallest absolute Gasteiger partial charge is 0.315 e. The maximum Gasteiger partial charge on any atom is 0.315 e. The highest BCUT2D eigenvalue weighted by Gasteiger charge is 2.29. The Morgan fingerprint density at radius 1 is 1.41 bits per heavy atom. The SMILES string of the molecule is COC(=O)C(c1nc(C(C)(C)C)cs1)C(C)C. The molecule has 0 amide bonds. The largest absolute Gasteiger partial charge is 0.468 e. The van der Waals surface area contributed by atoms with Crippen molar-refractivity contribution >= 4 is 17.3 Å². The average molecular weight is 255 g/mol. The van der Waals surface area contributed by atoms with Gasteiger partial charge in [-0.2, -0.15) is 0 Å². The summed E-state index contributed by atoms with van der Waals surface area (Å²) >= 11 is 1.54. The van der Waals surface area contributed by atoms with Gasteiger partial charge in [0.15, 0.2) is 0 Å². The third kappa shape index (κ3) is 3.28. The highest BCUT2D eigenvalue weighted by Crippen LogP contribution is 2.32. The number of ether oxygens (including phenoxy) is 1. The second-order valence-corrected chi connectivity index (χ2v) is 6.46. The molecule has 0 fully saturated rings. The van der Waals surface area contributed by atoms with Gasteiger partial charge >= 0.3 is 5.97 Å². The first-order valence-electron chi connectivity index (χ1n) is 5.81. The molecule has 1 heterocycles. The second-order valence-electron chi connectivity index (χ2n) is 5.57. The van der Waals surface area contributed by atoms with E-state index < -0.39 is 0 Å². The number of thiazole rings is 1. The topological polar surface area (TPSA) is 39.2 Å². The van der Waals surface area contributed by atoms with Crippen molar-refractivity contribution < 1.29 is 9.53 Å². The molecule has 3 nitrogen and oxygen atoms in total. The van der Waals surface area contributed by atoms with E-state index in [-0.39, 0.29) is 23.2 Å². The fourth-order valence-corrected chi connectivity index (χ4v) is 2.86. The summed E-state index contributed by atoms with van der Waals surface area (Å²) in [4.78, 5) is 16.3. The minimum Gasteiger partial charge on any atom is -0.468 e. The zero-order valence-electron chi connectivity index (χ0n) is 11.4. The van der Waals surface area contributed by atoms with Gasteiger partial charge in [-0.1, -0.05) is 34.6 Å². The van der Waals surface area contributed by atoms with Gasteiger partial charge in [-0.3, -0.25) is 4.79 Å². The predicted octanol–water partition coefficient (Wildman–Crippen LogP) is 3.35. The lowest BCUT2D eigenvalue weighted by molar-refractivity contribution is -0.143. The van der Waals surface area contributed by atoms with Gasteiger partial charge in [0.05, 0.1) is 12.8 Å². The van der Waals surface area contributed by atoms with E-state index in [9.17, 15) is 4.79 Å². The number of rotatable bonds is 3. The van der Waals surface area contributed by atoms with E-state index in [1.165, 1.54) is 7.11 Å². The lowest BCUT2D eigenvalue weighted by Gasteiger charge is -2.17. The zero-order valence-corrected chi connectivity index (χ0v) is 12.2. The molecular weight excluding hydrogens is 234 g/mol. The van der Waals surface area contributed by atoms with E-state index >= 15 is 0 Å². The van der Waals surface area contributed by atoms with Gasteiger partial charge in [0.1, 0.15) is 10.9 Å². The molecule has 1 aromatic heterocycles. The molecule has 0 bridgehead atoms. The molecule has 96 valence electrons. The van der Waals surface area contributed by atoms with Gasteiger partial charge < -0.3 is 4.74 Å². The highest BCUT2D eigenvalue weighted by atomic mass is 32.1. The summed E-state index contributed by atoms with van der Waals surface area (Å²) in [5.74, 6) is -0.252. The van der Waals surface area contributed by atoms with Crippen LogP contribution in [0.2, 0.25) is 0 Å². The Kier molecular flexibility index (Phi) is 4.31. The number of carbonyl (C=O) groups is 1. The molecule has 1 atom stereocenters. The number of hydrogen-bond donors (Lipinski definition) is 0. The Balaban J connectivity index is 3.05. The Morgan fingerprint density at radius 3 is 2.35 bits per heavy atom. The van der Waals surface area contributed by atoms with Gasteiger partial charge in [0.2, 0.25) is 0 Å². The summed E-state index contributed by atoms with van der Waals surface area (Å²) in [5.41, 5.74) is 1.05. The van der Waals surface area contributed by atoms with Crippen LogP contribution in [0.1, 0.15) is 51.2 Å². The number of methoxy groups -OCH3 is 1. The third-order valence-corrected chi connectivity index (χ3v) is 3.61. The van der Waals surface area contributed by atoms with Crippen LogP contribution in [0.3, 0.4) is 0 Å². The second kappa shape index (κ2) is 5.17.